The first-order chi connectivity index (χ1) is 21.9. The average Bonchev–Trinajstić information content (AvgIpc) is 3.04. The van der Waals surface area contributed by atoms with Crippen LogP contribution in [0.5, 0.6) is 0 Å². The lowest BCUT2D eigenvalue weighted by Crippen LogP contribution is -2.54. The van der Waals surface area contributed by atoms with Crippen LogP contribution in [0.4, 0.5) is 10.1 Å². The Morgan fingerprint density at radius 3 is 2.15 bits per heavy atom. The van der Waals surface area contributed by atoms with Crippen LogP contribution in [0.15, 0.2) is 102 Å². The molecule has 0 unspecified atom stereocenters. The number of anilines is 1. The van der Waals surface area contributed by atoms with Gasteiger partial charge in [-0.1, -0.05) is 84.8 Å². The molecule has 2 atom stereocenters. The molecular weight excluding hydrogens is 625 g/mol. The van der Waals surface area contributed by atoms with E-state index in [2.05, 4.69) is 5.32 Å². The highest BCUT2D eigenvalue weighted by atomic mass is 35.5. The fourth-order valence-electron chi connectivity index (χ4n) is 4.88. The van der Waals surface area contributed by atoms with Crippen molar-refractivity contribution in [1.82, 2.24) is 10.2 Å². The van der Waals surface area contributed by atoms with Gasteiger partial charge in [0, 0.05) is 24.0 Å². The molecule has 46 heavy (non-hydrogen) atoms. The van der Waals surface area contributed by atoms with E-state index in [-0.39, 0.29) is 35.5 Å². The molecule has 0 fully saturated rings. The Morgan fingerprint density at radius 2 is 1.54 bits per heavy atom. The van der Waals surface area contributed by atoms with E-state index in [0.717, 1.165) is 21.0 Å². The lowest BCUT2D eigenvalue weighted by Gasteiger charge is -2.34. The molecule has 0 saturated heterocycles. The van der Waals surface area contributed by atoms with Gasteiger partial charge in [0.25, 0.3) is 10.0 Å². The van der Waals surface area contributed by atoms with E-state index >= 15 is 0 Å². The fourth-order valence-corrected chi connectivity index (χ4v) is 6.47. The third-order valence-electron chi connectivity index (χ3n) is 7.87. The number of carbonyl (C=O) groups is 2. The number of nitrogens with zero attached hydrogens (tertiary/aromatic N) is 2. The predicted molar refractivity (Wildman–Crippen MR) is 181 cm³/mol. The molecule has 0 aliphatic rings. The summed E-state index contributed by atoms with van der Waals surface area (Å²) in [5, 5.41) is 3.34. The first kappa shape index (κ1) is 34.7. The highest BCUT2D eigenvalue weighted by molar-refractivity contribution is 7.92. The Balaban J connectivity index is 1.82. The van der Waals surface area contributed by atoms with Crippen molar-refractivity contribution in [2.24, 2.45) is 0 Å². The molecule has 0 saturated carbocycles. The summed E-state index contributed by atoms with van der Waals surface area (Å²) in [6.07, 6.45) is 0.851. The zero-order valence-electron chi connectivity index (χ0n) is 26.4. The van der Waals surface area contributed by atoms with Crippen LogP contribution in [-0.4, -0.2) is 43.8 Å². The van der Waals surface area contributed by atoms with E-state index in [0.29, 0.717) is 17.0 Å². The molecule has 10 heteroatoms. The van der Waals surface area contributed by atoms with E-state index in [1.807, 2.05) is 51.1 Å². The predicted octanol–water partition coefficient (Wildman–Crippen LogP) is 6.85. The van der Waals surface area contributed by atoms with Crippen LogP contribution in [0.1, 0.15) is 42.5 Å². The van der Waals surface area contributed by atoms with Crippen molar-refractivity contribution in [2.75, 3.05) is 10.8 Å². The van der Waals surface area contributed by atoms with Crippen molar-refractivity contribution in [1.29, 1.82) is 0 Å². The van der Waals surface area contributed by atoms with Crippen LogP contribution in [0, 0.1) is 19.7 Å². The molecule has 0 spiro atoms. The van der Waals surface area contributed by atoms with E-state index in [4.69, 9.17) is 11.6 Å². The zero-order valence-corrected chi connectivity index (χ0v) is 28.0. The van der Waals surface area contributed by atoms with Gasteiger partial charge < -0.3 is 10.2 Å². The molecule has 0 radical (unpaired) electrons. The van der Waals surface area contributed by atoms with Crippen LogP contribution >= 0.6 is 11.6 Å². The van der Waals surface area contributed by atoms with Crippen LogP contribution < -0.4 is 9.62 Å². The molecule has 242 valence electrons. The second kappa shape index (κ2) is 15.4. The molecule has 7 nitrogen and oxygen atoms in total. The van der Waals surface area contributed by atoms with Gasteiger partial charge >= 0.3 is 0 Å². The molecule has 2 amide bonds. The molecule has 4 aromatic carbocycles. The van der Waals surface area contributed by atoms with Crippen molar-refractivity contribution in [3.8, 4) is 0 Å². The number of benzene rings is 4. The summed E-state index contributed by atoms with van der Waals surface area (Å²) in [5.41, 5.74) is 3.22. The Hall–Kier alpha value is -4.21. The van der Waals surface area contributed by atoms with Crippen LogP contribution in [0.3, 0.4) is 0 Å². The SMILES string of the molecule is CC[C@H](C)NC(=O)[C@H](Cc1ccccc1)N(Cc1ccc(F)cc1)C(=O)CN(c1ccc(C)c(Cl)c1)S(=O)(=O)c1ccc(C)cc1. The van der Waals surface area contributed by atoms with E-state index in [9.17, 15) is 22.4 Å². The number of carbonyl (C=O) groups excluding carboxylic acids is 2. The summed E-state index contributed by atoms with van der Waals surface area (Å²) in [7, 11) is -4.26. The van der Waals surface area contributed by atoms with Crippen molar-refractivity contribution in [3.05, 3.63) is 130 Å². The Labute approximate surface area is 276 Å². The molecule has 0 bridgehead atoms. The van der Waals surface area contributed by atoms with Gasteiger partial charge in [-0.25, -0.2) is 12.8 Å². The second-order valence-corrected chi connectivity index (χ2v) is 13.7. The number of hydrogen-bond acceptors (Lipinski definition) is 4. The van der Waals surface area contributed by atoms with Gasteiger partial charge in [-0.05, 0) is 80.3 Å². The van der Waals surface area contributed by atoms with Gasteiger partial charge in [-0.15, -0.1) is 0 Å². The highest BCUT2D eigenvalue weighted by Gasteiger charge is 2.35. The zero-order chi connectivity index (χ0) is 33.4. The van der Waals surface area contributed by atoms with Gasteiger partial charge in [0.15, 0.2) is 0 Å². The molecular formula is C36H39ClFN3O4S. The van der Waals surface area contributed by atoms with Crippen molar-refractivity contribution in [2.45, 2.75) is 64.1 Å². The molecule has 4 rings (SSSR count). The fraction of sp³-hybridized carbons (Fsp3) is 0.278. The third-order valence-corrected chi connectivity index (χ3v) is 10.1. The number of hydrogen-bond donors (Lipinski definition) is 1. The van der Waals surface area contributed by atoms with Gasteiger partial charge in [0.05, 0.1) is 10.6 Å². The molecule has 0 heterocycles. The normalized spacial score (nSPS) is 12.7. The summed E-state index contributed by atoms with van der Waals surface area (Å²) in [6, 6.07) is 24.9. The third kappa shape index (κ3) is 8.73. The number of nitrogens with one attached hydrogen (secondary N) is 1. The van der Waals surface area contributed by atoms with E-state index in [1.54, 1.807) is 43.3 Å². The van der Waals surface area contributed by atoms with Crippen LogP contribution in [0.2, 0.25) is 5.02 Å². The average molecular weight is 664 g/mol. The number of amides is 2. The second-order valence-electron chi connectivity index (χ2n) is 11.4. The van der Waals surface area contributed by atoms with E-state index in [1.165, 1.54) is 35.2 Å². The molecule has 4 aromatic rings. The molecule has 1 N–H and O–H groups in total. The minimum absolute atomic E-state index is 0.00281. The van der Waals surface area contributed by atoms with Crippen molar-refractivity contribution in [3.63, 3.8) is 0 Å². The lowest BCUT2D eigenvalue weighted by molar-refractivity contribution is -0.140. The minimum Gasteiger partial charge on any atom is -0.352 e. The maximum atomic E-state index is 14.5. The first-order valence-corrected chi connectivity index (χ1v) is 16.9. The lowest BCUT2D eigenvalue weighted by atomic mass is 10.0. The summed E-state index contributed by atoms with van der Waals surface area (Å²) >= 11 is 6.44. The van der Waals surface area contributed by atoms with Crippen LogP contribution in [0.25, 0.3) is 0 Å². The minimum atomic E-state index is -4.26. The maximum Gasteiger partial charge on any atom is 0.264 e. The summed E-state index contributed by atoms with van der Waals surface area (Å²) in [5.74, 6) is -1.43. The van der Waals surface area contributed by atoms with Gasteiger partial charge in [-0.2, -0.15) is 0 Å². The number of sulfonamides is 1. The summed E-state index contributed by atoms with van der Waals surface area (Å²) in [4.78, 5) is 29.8. The molecule has 0 aliphatic carbocycles. The standard InChI is InChI=1S/C36H39ClFN3O4S/c1-5-27(4)39-36(43)34(21-28-9-7-6-8-10-28)40(23-29-14-16-30(38)17-15-29)35(42)24-41(31-18-13-26(3)33(37)22-31)46(44,45)32-19-11-25(2)12-20-32/h6-20,22,27,34H,5,21,23-24H2,1-4H3,(H,39,43)/t27-,34-/m0/s1. The Morgan fingerprint density at radius 1 is 0.891 bits per heavy atom. The summed E-state index contributed by atoms with van der Waals surface area (Å²) in [6.45, 7) is 6.79. The largest absolute Gasteiger partial charge is 0.352 e. The maximum absolute atomic E-state index is 14.5. The highest BCUT2D eigenvalue weighted by Crippen LogP contribution is 2.29. The van der Waals surface area contributed by atoms with Gasteiger partial charge in [-0.3, -0.25) is 13.9 Å². The smallest absolute Gasteiger partial charge is 0.264 e. The Bertz CT molecular complexity index is 1750. The van der Waals surface area contributed by atoms with Crippen molar-refractivity contribution < 1.29 is 22.4 Å². The molecule has 0 aliphatic heterocycles. The number of halogens is 2. The topological polar surface area (TPSA) is 86.8 Å². The summed E-state index contributed by atoms with van der Waals surface area (Å²) < 4.78 is 43.2. The monoisotopic (exact) mass is 663 g/mol. The van der Waals surface area contributed by atoms with Crippen LogP contribution in [-0.2, 0) is 32.6 Å². The van der Waals surface area contributed by atoms with Crippen molar-refractivity contribution >= 4 is 39.1 Å². The van der Waals surface area contributed by atoms with Gasteiger partial charge in [0.1, 0.15) is 18.4 Å². The Kier molecular flexibility index (Phi) is 11.6. The van der Waals surface area contributed by atoms with E-state index < -0.39 is 34.3 Å². The first-order valence-electron chi connectivity index (χ1n) is 15.1. The number of rotatable bonds is 13. The van der Waals surface area contributed by atoms with Gasteiger partial charge in [0.2, 0.25) is 11.8 Å². The molecule has 0 aromatic heterocycles. The quantitative estimate of drug-likeness (QED) is 0.170. The number of aryl methyl sites for hydroxylation is 2.